The number of hydrogen-bond acceptors (Lipinski definition) is 8. The summed E-state index contributed by atoms with van der Waals surface area (Å²) in [6, 6.07) is 1.79. The topological polar surface area (TPSA) is 111 Å². The van der Waals surface area contributed by atoms with Gasteiger partial charge in [0.05, 0.1) is 10.9 Å². The Labute approximate surface area is 178 Å². The van der Waals surface area contributed by atoms with E-state index in [1.807, 2.05) is 27.7 Å². The Kier molecular flexibility index (Phi) is 6.68. The number of carbonyl (C=O) groups is 2. The Morgan fingerprint density at radius 2 is 2.20 bits per heavy atom. The maximum atomic E-state index is 13.8. The zero-order valence-corrected chi connectivity index (χ0v) is 18.3. The van der Waals surface area contributed by atoms with Crippen molar-refractivity contribution in [3.8, 4) is 0 Å². The molecule has 1 aliphatic heterocycles. The molecule has 3 rings (SSSR count). The Bertz CT molecular complexity index is 943. The second-order valence-electron chi connectivity index (χ2n) is 8.12. The average molecular weight is 439 g/mol. The van der Waals surface area contributed by atoms with Crippen LogP contribution in [0.15, 0.2) is 21.8 Å². The van der Waals surface area contributed by atoms with Gasteiger partial charge in [0.15, 0.2) is 5.58 Å². The van der Waals surface area contributed by atoms with Crippen molar-refractivity contribution in [1.82, 2.24) is 15.2 Å². The summed E-state index contributed by atoms with van der Waals surface area (Å²) >= 11 is 1.32. The number of oxazole rings is 1. The van der Waals surface area contributed by atoms with E-state index in [1.54, 1.807) is 0 Å². The van der Waals surface area contributed by atoms with Crippen LogP contribution in [0, 0.1) is 5.82 Å². The van der Waals surface area contributed by atoms with E-state index in [1.165, 1.54) is 17.8 Å². The number of aromatic nitrogens is 1. The van der Waals surface area contributed by atoms with Crippen LogP contribution >= 0.6 is 11.8 Å². The Hall–Kier alpha value is -2.17. The minimum Gasteiger partial charge on any atom is -0.459 e. The van der Waals surface area contributed by atoms with Gasteiger partial charge < -0.3 is 20.2 Å². The highest BCUT2D eigenvalue weighted by Gasteiger charge is 2.36. The smallest absolute Gasteiger partial charge is 0.325 e. The average Bonchev–Trinajstić information content (AvgIpc) is 3.06. The van der Waals surface area contributed by atoms with Crippen LogP contribution in [-0.4, -0.2) is 58.4 Å². The predicted molar refractivity (Wildman–Crippen MR) is 112 cm³/mol. The fourth-order valence-electron chi connectivity index (χ4n) is 3.37. The molecule has 164 valence electrons. The number of fused-ring (bicyclic) bond motifs is 1. The van der Waals surface area contributed by atoms with Gasteiger partial charge in [-0.05, 0) is 45.0 Å². The first-order valence-electron chi connectivity index (χ1n) is 9.85. The molecule has 2 aromatic rings. The quantitative estimate of drug-likeness (QED) is 0.523. The van der Waals surface area contributed by atoms with Gasteiger partial charge in [-0.15, -0.1) is 0 Å². The first kappa shape index (κ1) is 22.5. The van der Waals surface area contributed by atoms with Gasteiger partial charge in [-0.3, -0.25) is 14.5 Å². The van der Waals surface area contributed by atoms with Gasteiger partial charge in [-0.2, -0.15) is 0 Å². The largest absolute Gasteiger partial charge is 0.459 e. The Morgan fingerprint density at radius 1 is 1.47 bits per heavy atom. The standard InChI is InChI=1S/C20H27FN4O4S/c1-5-15(25-7-6-23-10-14(25)18(27)29-20(2,3)4)30-19-24-13-9-11(21)8-12(17(22)26)16(13)28-19/h8-9,14-15,23H,5-7,10H2,1-4H3,(H2,22,26). The minimum atomic E-state index is -0.786. The molecule has 3 N–H and O–H groups in total. The van der Waals surface area contributed by atoms with Gasteiger partial charge >= 0.3 is 5.97 Å². The number of nitrogens with one attached hydrogen (secondary N) is 1. The molecule has 0 bridgehead atoms. The summed E-state index contributed by atoms with van der Waals surface area (Å²) in [4.78, 5) is 30.8. The molecule has 8 nitrogen and oxygen atoms in total. The van der Waals surface area contributed by atoms with E-state index in [4.69, 9.17) is 14.9 Å². The lowest BCUT2D eigenvalue weighted by Crippen LogP contribution is -2.58. The fraction of sp³-hybridized carbons (Fsp3) is 0.550. The first-order valence-corrected chi connectivity index (χ1v) is 10.7. The molecule has 2 unspecified atom stereocenters. The second-order valence-corrected chi connectivity index (χ2v) is 9.25. The molecule has 0 radical (unpaired) electrons. The number of primary amides is 1. The monoisotopic (exact) mass is 438 g/mol. The molecule has 1 aromatic carbocycles. The van der Waals surface area contributed by atoms with Crippen LogP contribution in [0.3, 0.4) is 0 Å². The summed E-state index contributed by atoms with van der Waals surface area (Å²) in [5.74, 6) is -1.68. The number of halogens is 1. The van der Waals surface area contributed by atoms with Crippen molar-refractivity contribution < 1.29 is 23.1 Å². The number of hydrogen-bond donors (Lipinski definition) is 2. The number of nitrogens with two attached hydrogens (primary N) is 1. The highest BCUT2D eigenvalue weighted by Crippen LogP contribution is 2.33. The lowest BCUT2D eigenvalue weighted by molar-refractivity contribution is -0.162. The zero-order valence-electron chi connectivity index (χ0n) is 17.5. The van der Waals surface area contributed by atoms with Gasteiger partial charge in [0.25, 0.3) is 11.1 Å². The van der Waals surface area contributed by atoms with Gasteiger partial charge in [-0.1, -0.05) is 6.92 Å². The number of piperazine rings is 1. The number of carbonyl (C=O) groups excluding carboxylic acids is 2. The molecule has 0 spiro atoms. The molecule has 1 saturated heterocycles. The van der Waals surface area contributed by atoms with E-state index in [2.05, 4.69) is 15.2 Å². The van der Waals surface area contributed by atoms with E-state index < -0.39 is 23.4 Å². The summed E-state index contributed by atoms with van der Waals surface area (Å²) < 4.78 is 25.1. The van der Waals surface area contributed by atoms with Crippen molar-refractivity contribution in [3.05, 3.63) is 23.5 Å². The molecule has 1 aliphatic rings. The minimum absolute atomic E-state index is 0.0498. The molecular formula is C20H27FN4O4S. The van der Waals surface area contributed by atoms with E-state index >= 15 is 0 Å². The van der Waals surface area contributed by atoms with E-state index in [-0.39, 0.29) is 33.2 Å². The van der Waals surface area contributed by atoms with Gasteiger partial charge in [0.1, 0.15) is 23.0 Å². The Balaban J connectivity index is 1.85. The fourth-order valence-corrected chi connectivity index (χ4v) is 4.44. The van der Waals surface area contributed by atoms with Crippen LogP contribution in [0.1, 0.15) is 44.5 Å². The number of thioether (sulfide) groups is 1. The van der Waals surface area contributed by atoms with E-state index in [0.717, 1.165) is 12.6 Å². The van der Waals surface area contributed by atoms with Crippen molar-refractivity contribution in [1.29, 1.82) is 0 Å². The third-order valence-electron chi connectivity index (χ3n) is 4.62. The third kappa shape index (κ3) is 5.11. The van der Waals surface area contributed by atoms with Crippen LogP contribution < -0.4 is 11.1 Å². The second kappa shape index (κ2) is 8.91. The summed E-state index contributed by atoms with van der Waals surface area (Å²) in [6.45, 7) is 9.39. The molecule has 2 atom stereocenters. The van der Waals surface area contributed by atoms with Gasteiger partial charge in [0.2, 0.25) is 0 Å². The summed E-state index contributed by atoms with van der Waals surface area (Å²) in [5.41, 5.74) is 5.09. The van der Waals surface area contributed by atoms with Crippen LogP contribution in [0.2, 0.25) is 0 Å². The highest BCUT2D eigenvalue weighted by atomic mass is 32.2. The van der Waals surface area contributed by atoms with Crippen LogP contribution in [0.25, 0.3) is 11.1 Å². The molecule has 1 aromatic heterocycles. The lowest BCUT2D eigenvalue weighted by Gasteiger charge is -2.39. The molecule has 10 heteroatoms. The zero-order chi connectivity index (χ0) is 22.1. The molecule has 2 heterocycles. The molecule has 0 saturated carbocycles. The molecular weight excluding hydrogens is 411 g/mol. The van der Waals surface area contributed by atoms with Gasteiger partial charge in [-0.25, -0.2) is 9.37 Å². The van der Waals surface area contributed by atoms with Gasteiger partial charge in [0, 0.05) is 25.7 Å². The third-order valence-corrected chi connectivity index (χ3v) is 5.87. The molecule has 30 heavy (non-hydrogen) atoms. The number of nitrogens with zero attached hydrogens (tertiary/aromatic N) is 2. The number of esters is 1. The van der Waals surface area contributed by atoms with Crippen molar-refractivity contribution in [2.45, 2.75) is 56.4 Å². The first-order chi connectivity index (χ1) is 14.1. The van der Waals surface area contributed by atoms with Crippen molar-refractivity contribution in [2.24, 2.45) is 5.73 Å². The SMILES string of the molecule is CCC(Sc1nc2cc(F)cc(C(N)=O)c2o1)N1CCNCC1C(=O)OC(C)(C)C. The predicted octanol–water partition coefficient (Wildman–Crippen LogP) is 2.51. The maximum absolute atomic E-state index is 13.8. The highest BCUT2D eigenvalue weighted by molar-refractivity contribution is 7.99. The Morgan fingerprint density at radius 3 is 2.83 bits per heavy atom. The summed E-state index contributed by atoms with van der Waals surface area (Å²) in [5, 5.41) is 3.40. The summed E-state index contributed by atoms with van der Waals surface area (Å²) in [7, 11) is 0. The maximum Gasteiger partial charge on any atom is 0.325 e. The van der Waals surface area contributed by atoms with E-state index in [0.29, 0.717) is 19.5 Å². The number of benzene rings is 1. The van der Waals surface area contributed by atoms with Crippen molar-refractivity contribution in [3.63, 3.8) is 0 Å². The summed E-state index contributed by atoms with van der Waals surface area (Å²) in [6.07, 6.45) is 0.708. The number of ether oxygens (including phenoxy) is 1. The number of amides is 1. The van der Waals surface area contributed by atoms with Crippen molar-refractivity contribution >= 4 is 34.7 Å². The van der Waals surface area contributed by atoms with Crippen molar-refractivity contribution in [2.75, 3.05) is 19.6 Å². The van der Waals surface area contributed by atoms with Crippen LogP contribution in [0.4, 0.5) is 4.39 Å². The van der Waals surface area contributed by atoms with Crippen LogP contribution in [-0.2, 0) is 9.53 Å². The normalized spacial score (nSPS) is 19.0. The van der Waals surface area contributed by atoms with Crippen LogP contribution in [0.5, 0.6) is 0 Å². The lowest BCUT2D eigenvalue weighted by atomic mass is 10.1. The number of rotatable bonds is 6. The molecule has 0 aliphatic carbocycles. The van der Waals surface area contributed by atoms with E-state index in [9.17, 15) is 14.0 Å². The molecule has 1 amide bonds. The molecule has 1 fully saturated rings.